The second-order valence-electron chi connectivity index (χ2n) is 4.90. The lowest BCUT2D eigenvalue weighted by molar-refractivity contribution is -0.118. The number of hydrogen-bond acceptors (Lipinski definition) is 4. The number of carbonyl (C=O) groups is 1. The van der Waals surface area contributed by atoms with Gasteiger partial charge in [-0.25, -0.2) is 0 Å². The van der Waals surface area contributed by atoms with E-state index in [4.69, 9.17) is 10.5 Å². The van der Waals surface area contributed by atoms with Gasteiger partial charge in [-0.2, -0.15) is 5.10 Å². The van der Waals surface area contributed by atoms with Gasteiger partial charge < -0.3 is 15.8 Å². The van der Waals surface area contributed by atoms with Gasteiger partial charge in [-0.3, -0.25) is 9.48 Å². The Balaban J connectivity index is 1.88. The van der Waals surface area contributed by atoms with Crippen molar-refractivity contribution in [3.8, 4) is 5.75 Å². The molecule has 0 aliphatic rings. The normalized spacial score (nSPS) is 11.9. The fraction of sp³-hybridized carbons (Fsp3) is 0.333. The number of ether oxygens (including phenoxy) is 1. The average molecular weight is 288 g/mol. The molecule has 3 N–H and O–H groups in total. The van der Waals surface area contributed by atoms with E-state index < -0.39 is 0 Å². The van der Waals surface area contributed by atoms with E-state index in [0.717, 1.165) is 17.0 Å². The summed E-state index contributed by atoms with van der Waals surface area (Å²) in [4.78, 5) is 10.6. The summed E-state index contributed by atoms with van der Waals surface area (Å²) in [5.41, 5.74) is 7.18. The van der Waals surface area contributed by atoms with Crippen LogP contribution in [0.2, 0.25) is 0 Å². The number of nitrogens with two attached hydrogens (primary N) is 1. The average Bonchev–Trinajstić information content (AvgIpc) is 2.87. The predicted octanol–water partition coefficient (Wildman–Crippen LogP) is 1.85. The molecule has 21 heavy (non-hydrogen) atoms. The first kappa shape index (κ1) is 14.9. The summed E-state index contributed by atoms with van der Waals surface area (Å²) in [7, 11) is 1.90. The number of nitrogens with zero attached hydrogens (tertiary/aromatic N) is 2. The molecule has 0 aliphatic carbocycles. The second-order valence-corrected chi connectivity index (χ2v) is 4.90. The smallest absolute Gasteiger partial charge is 0.220 e. The number of carbonyl (C=O) groups excluding carboxylic acids is 1. The van der Waals surface area contributed by atoms with Crippen molar-refractivity contribution in [3.63, 3.8) is 0 Å². The van der Waals surface area contributed by atoms with Gasteiger partial charge in [0.15, 0.2) is 0 Å². The minimum Gasteiger partial charge on any atom is -0.493 e. The van der Waals surface area contributed by atoms with Gasteiger partial charge in [0.05, 0.1) is 25.3 Å². The van der Waals surface area contributed by atoms with Crippen molar-refractivity contribution in [1.82, 2.24) is 9.78 Å². The van der Waals surface area contributed by atoms with E-state index in [0.29, 0.717) is 6.61 Å². The monoisotopic (exact) mass is 288 g/mol. The highest BCUT2D eigenvalue weighted by molar-refractivity contribution is 5.73. The SMILES string of the molecule is CC(Nc1ccc(OCCC(N)=O)cc1)c1cnn(C)c1. The number of aromatic nitrogens is 2. The third kappa shape index (κ3) is 4.52. The number of nitrogens with one attached hydrogen (secondary N) is 1. The van der Waals surface area contributed by atoms with Crippen LogP contribution in [0.25, 0.3) is 0 Å². The summed E-state index contributed by atoms with van der Waals surface area (Å²) < 4.78 is 7.20. The van der Waals surface area contributed by atoms with Crippen LogP contribution in [0.3, 0.4) is 0 Å². The zero-order chi connectivity index (χ0) is 15.2. The number of primary amides is 1. The quantitative estimate of drug-likeness (QED) is 0.814. The van der Waals surface area contributed by atoms with E-state index >= 15 is 0 Å². The van der Waals surface area contributed by atoms with Crippen molar-refractivity contribution in [3.05, 3.63) is 42.2 Å². The predicted molar refractivity (Wildman–Crippen MR) is 81.0 cm³/mol. The van der Waals surface area contributed by atoms with Crippen molar-refractivity contribution in [2.24, 2.45) is 12.8 Å². The van der Waals surface area contributed by atoms with Crippen LogP contribution in [-0.4, -0.2) is 22.3 Å². The molecule has 6 nitrogen and oxygen atoms in total. The van der Waals surface area contributed by atoms with Crippen molar-refractivity contribution >= 4 is 11.6 Å². The first-order chi connectivity index (χ1) is 10.0. The fourth-order valence-electron chi connectivity index (χ4n) is 1.91. The molecule has 0 saturated carbocycles. The Bertz CT molecular complexity index is 592. The molecule has 0 fully saturated rings. The van der Waals surface area contributed by atoms with Gasteiger partial charge in [0, 0.05) is 24.5 Å². The summed E-state index contributed by atoms with van der Waals surface area (Å²) >= 11 is 0. The Labute approximate surface area is 123 Å². The molecule has 0 aliphatic heterocycles. The molecule has 6 heteroatoms. The van der Waals surface area contributed by atoms with Crippen LogP contribution in [0.1, 0.15) is 24.9 Å². The highest BCUT2D eigenvalue weighted by atomic mass is 16.5. The van der Waals surface area contributed by atoms with Gasteiger partial charge >= 0.3 is 0 Å². The molecule has 0 radical (unpaired) electrons. The van der Waals surface area contributed by atoms with Gasteiger partial charge in [0.2, 0.25) is 5.91 Å². The Hall–Kier alpha value is -2.50. The van der Waals surface area contributed by atoms with Crippen LogP contribution in [0.4, 0.5) is 5.69 Å². The van der Waals surface area contributed by atoms with Crippen LogP contribution >= 0.6 is 0 Å². The second kappa shape index (κ2) is 6.78. The number of aryl methyl sites for hydroxylation is 1. The maximum Gasteiger partial charge on any atom is 0.220 e. The molecule has 1 aromatic carbocycles. The lowest BCUT2D eigenvalue weighted by Gasteiger charge is -2.14. The van der Waals surface area contributed by atoms with Crippen LogP contribution in [0, 0.1) is 0 Å². The van der Waals surface area contributed by atoms with Crippen molar-refractivity contribution in [2.75, 3.05) is 11.9 Å². The molecule has 2 aromatic rings. The Morgan fingerprint density at radius 3 is 2.71 bits per heavy atom. The van der Waals surface area contributed by atoms with E-state index in [2.05, 4.69) is 17.3 Å². The van der Waals surface area contributed by atoms with Crippen LogP contribution in [0.5, 0.6) is 5.75 Å². The lowest BCUT2D eigenvalue weighted by Crippen LogP contribution is -2.14. The van der Waals surface area contributed by atoms with E-state index in [1.165, 1.54) is 0 Å². The number of anilines is 1. The Kier molecular flexibility index (Phi) is 4.81. The number of hydrogen-bond donors (Lipinski definition) is 2. The molecule has 1 heterocycles. The van der Waals surface area contributed by atoms with Gasteiger partial charge in [0.25, 0.3) is 0 Å². The summed E-state index contributed by atoms with van der Waals surface area (Å²) in [6.45, 7) is 2.38. The summed E-state index contributed by atoms with van der Waals surface area (Å²) in [6, 6.07) is 7.76. The minimum absolute atomic E-state index is 0.167. The van der Waals surface area contributed by atoms with Gasteiger partial charge in [0.1, 0.15) is 5.75 Å². The third-order valence-corrected chi connectivity index (χ3v) is 3.08. The zero-order valence-electron chi connectivity index (χ0n) is 12.2. The van der Waals surface area contributed by atoms with Crippen molar-refractivity contribution in [2.45, 2.75) is 19.4 Å². The highest BCUT2D eigenvalue weighted by Crippen LogP contribution is 2.21. The van der Waals surface area contributed by atoms with E-state index in [-0.39, 0.29) is 18.4 Å². The first-order valence-corrected chi connectivity index (χ1v) is 6.81. The summed E-state index contributed by atoms with van der Waals surface area (Å²) in [6.07, 6.45) is 4.05. The Morgan fingerprint density at radius 1 is 1.43 bits per heavy atom. The largest absolute Gasteiger partial charge is 0.493 e. The highest BCUT2D eigenvalue weighted by Gasteiger charge is 2.07. The molecule has 0 bridgehead atoms. The molecule has 0 saturated heterocycles. The first-order valence-electron chi connectivity index (χ1n) is 6.81. The number of benzene rings is 1. The maximum atomic E-state index is 10.6. The van der Waals surface area contributed by atoms with E-state index in [1.54, 1.807) is 4.68 Å². The molecule has 1 unspecified atom stereocenters. The molecule has 0 spiro atoms. The van der Waals surface area contributed by atoms with Gasteiger partial charge in [-0.15, -0.1) is 0 Å². The molecule has 112 valence electrons. The summed E-state index contributed by atoms with van der Waals surface area (Å²) in [5, 5.41) is 7.55. The van der Waals surface area contributed by atoms with Gasteiger partial charge in [-0.1, -0.05) is 0 Å². The van der Waals surface area contributed by atoms with Crippen molar-refractivity contribution < 1.29 is 9.53 Å². The molecule has 2 rings (SSSR count). The van der Waals surface area contributed by atoms with Crippen molar-refractivity contribution in [1.29, 1.82) is 0 Å². The Morgan fingerprint density at radius 2 is 2.14 bits per heavy atom. The lowest BCUT2D eigenvalue weighted by atomic mass is 10.2. The number of amides is 1. The van der Waals surface area contributed by atoms with Crippen LogP contribution in [0.15, 0.2) is 36.7 Å². The zero-order valence-corrected chi connectivity index (χ0v) is 12.2. The summed E-state index contributed by atoms with van der Waals surface area (Å²) in [5.74, 6) is 0.356. The van der Waals surface area contributed by atoms with Gasteiger partial charge in [-0.05, 0) is 31.2 Å². The fourth-order valence-corrected chi connectivity index (χ4v) is 1.91. The van der Waals surface area contributed by atoms with E-state index in [1.807, 2.05) is 43.7 Å². The van der Waals surface area contributed by atoms with Crippen LogP contribution < -0.4 is 15.8 Å². The molecule has 1 atom stereocenters. The third-order valence-electron chi connectivity index (χ3n) is 3.08. The standard InChI is InChI=1S/C15H20N4O2/c1-11(12-9-17-19(2)10-12)18-13-3-5-14(6-4-13)21-8-7-15(16)20/h3-6,9-11,18H,7-8H2,1-2H3,(H2,16,20). The maximum absolute atomic E-state index is 10.6. The molecular weight excluding hydrogens is 268 g/mol. The molecule has 1 aromatic heterocycles. The van der Waals surface area contributed by atoms with Crippen LogP contribution in [-0.2, 0) is 11.8 Å². The molecular formula is C15H20N4O2. The topological polar surface area (TPSA) is 82.2 Å². The number of rotatable bonds is 7. The minimum atomic E-state index is -0.362. The van der Waals surface area contributed by atoms with E-state index in [9.17, 15) is 4.79 Å². The molecule has 1 amide bonds.